The molecule has 1 rings (SSSR count). The van der Waals surface area contributed by atoms with Crippen LogP contribution in [-0.4, -0.2) is 65.5 Å². The fourth-order valence-corrected chi connectivity index (χ4v) is 2.41. The summed E-state index contributed by atoms with van der Waals surface area (Å²) in [7, 11) is 1.53. The number of carbonyl (C=O) groups excluding carboxylic acids is 1. The number of nitrogens with one attached hydrogen (secondary N) is 1. The minimum absolute atomic E-state index is 0.0538. The third-order valence-electron chi connectivity index (χ3n) is 3.79. The van der Waals surface area contributed by atoms with Crippen LogP contribution in [0.5, 0.6) is 5.75 Å². The van der Waals surface area contributed by atoms with Gasteiger partial charge in [0, 0.05) is 26.2 Å². The van der Waals surface area contributed by atoms with Crippen molar-refractivity contribution in [2.75, 3.05) is 20.1 Å². The number of hydrogen-bond acceptors (Lipinski definition) is 7. The van der Waals surface area contributed by atoms with Crippen LogP contribution in [0.1, 0.15) is 27.2 Å². The van der Waals surface area contributed by atoms with Crippen LogP contribution in [0.15, 0.2) is 30.3 Å². The minimum atomic E-state index is -0.905. The van der Waals surface area contributed by atoms with Gasteiger partial charge in [-0.25, -0.2) is 0 Å². The van der Waals surface area contributed by atoms with Crippen LogP contribution in [0, 0.1) is 10.1 Å². The zero-order chi connectivity index (χ0) is 20.4. The summed E-state index contributed by atoms with van der Waals surface area (Å²) in [6.45, 7) is 5.74. The molecule has 0 spiro atoms. The van der Waals surface area contributed by atoms with Gasteiger partial charge in [-0.1, -0.05) is 32.0 Å². The van der Waals surface area contributed by atoms with Crippen molar-refractivity contribution in [3.05, 3.63) is 40.4 Å². The molecule has 0 aliphatic heterocycles. The Kier molecular flexibility index (Phi) is 9.52. The number of likely N-dealkylation sites (N-methyl/N-ethyl adjacent to an activating group) is 1. The van der Waals surface area contributed by atoms with Crippen molar-refractivity contribution in [3.8, 4) is 5.75 Å². The van der Waals surface area contributed by atoms with E-state index in [9.17, 15) is 20.0 Å². The molecule has 0 aliphatic carbocycles. The van der Waals surface area contributed by atoms with E-state index in [4.69, 9.17) is 4.74 Å². The van der Waals surface area contributed by atoms with Crippen molar-refractivity contribution >= 4 is 5.91 Å². The van der Waals surface area contributed by atoms with Gasteiger partial charge in [-0.15, -0.1) is 10.1 Å². The quantitative estimate of drug-likeness (QED) is 0.412. The molecule has 3 unspecified atom stereocenters. The summed E-state index contributed by atoms with van der Waals surface area (Å²) in [4.78, 5) is 28.6. The van der Waals surface area contributed by atoms with Gasteiger partial charge < -0.3 is 24.9 Å². The normalized spacial score (nSPS) is 14.3. The van der Waals surface area contributed by atoms with E-state index >= 15 is 0 Å². The number of benzene rings is 1. The fraction of sp³-hybridized carbons (Fsp3) is 0.611. The zero-order valence-electron chi connectivity index (χ0n) is 16.2. The Morgan fingerprint density at radius 3 is 2.48 bits per heavy atom. The molecular weight excluding hydrogens is 354 g/mol. The molecule has 3 atom stereocenters. The molecule has 27 heavy (non-hydrogen) atoms. The standard InChI is InChI=1S/C18H29N3O6/c1-13(2)19-11-16(22)17(26-15-8-6-5-7-9-15)10-18(23)20(4)12-14(3)27-21(24)25/h5-9,13-14,16-17,19,22H,10-12H2,1-4H3. The maximum atomic E-state index is 12.5. The number of nitrogens with zero attached hydrogens (tertiary/aromatic N) is 2. The first-order chi connectivity index (χ1) is 12.7. The van der Waals surface area contributed by atoms with Gasteiger partial charge in [0.15, 0.2) is 0 Å². The van der Waals surface area contributed by atoms with Crippen LogP contribution in [0.2, 0.25) is 0 Å². The van der Waals surface area contributed by atoms with Crippen LogP contribution in [0.4, 0.5) is 0 Å². The first kappa shape index (κ1) is 22.7. The maximum Gasteiger partial charge on any atom is 0.294 e. The van der Waals surface area contributed by atoms with Gasteiger partial charge in [-0.3, -0.25) is 4.79 Å². The van der Waals surface area contributed by atoms with Crippen molar-refractivity contribution in [3.63, 3.8) is 0 Å². The van der Waals surface area contributed by atoms with Crippen molar-refractivity contribution < 1.29 is 24.6 Å². The van der Waals surface area contributed by atoms with Crippen LogP contribution in [0.25, 0.3) is 0 Å². The smallest absolute Gasteiger partial charge is 0.294 e. The molecule has 1 aromatic rings. The van der Waals surface area contributed by atoms with Gasteiger partial charge in [-0.05, 0) is 19.1 Å². The third kappa shape index (κ3) is 9.20. The second kappa shape index (κ2) is 11.3. The van der Waals surface area contributed by atoms with E-state index in [-0.39, 0.29) is 31.5 Å². The van der Waals surface area contributed by atoms with E-state index < -0.39 is 23.4 Å². The largest absolute Gasteiger partial charge is 0.487 e. The van der Waals surface area contributed by atoms with Crippen molar-refractivity contribution in [2.24, 2.45) is 0 Å². The average molecular weight is 383 g/mol. The molecule has 0 aromatic heterocycles. The summed E-state index contributed by atoms with van der Waals surface area (Å²) in [5, 5.41) is 23.1. The monoisotopic (exact) mass is 383 g/mol. The number of carbonyl (C=O) groups is 1. The molecule has 1 aromatic carbocycles. The van der Waals surface area contributed by atoms with Crippen molar-refractivity contribution in [2.45, 2.75) is 51.5 Å². The molecule has 0 radical (unpaired) electrons. The molecule has 9 heteroatoms. The number of hydrogen-bond donors (Lipinski definition) is 2. The SMILES string of the molecule is CC(C)NCC(O)C(CC(=O)N(C)CC(C)O[N+](=O)[O-])Oc1ccccc1. The first-order valence-corrected chi connectivity index (χ1v) is 8.87. The third-order valence-corrected chi connectivity index (χ3v) is 3.79. The Balaban J connectivity index is 2.73. The molecule has 2 N–H and O–H groups in total. The van der Waals surface area contributed by atoms with Gasteiger partial charge >= 0.3 is 0 Å². The van der Waals surface area contributed by atoms with Gasteiger partial charge in [0.1, 0.15) is 24.1 Å². The summed E-state index contributed by atoms with van der Waals surface area (Å²) in [6, 6.07) is 9.11. The number of rotatable bonds is 12. The highest BCUT2D eigenvalue weighted by Gasteiger charge is 2.27. The Hall–Kier alpha value is -2.39. The van der Waals surface area contributed by atoms with Gasteiger partial charge in [0.2, 0.25) is 5.91 Å². The Bertz CT molecular complexity index is 584. The van der Waals surface area contributed by atoms with E-state index in [1.165, 1.54) is 18.9 Å². The number of para-hydroxylation sites is 1. The highest BCUT2D eigenvalue weighted by molar-refractivity contribution is 5.76. The summed E-state index contributed by atoms with van der Waals surface area (Å²) >= 11 is 0. The lowest BCUT2D eigenvalue weighted by Gasteiger charge is -2.27. The van der Waals surface area contributed by atoms with E-state index in [1.54, 1.807) is 24.3 Å². The maximum absolute atomic E-state index is 12.5. The van der Waals surface area contributed by atoms with E-state index in [1.807, 2.05) is 19.9 Å². The molecular formula is C18H29N3O6. The first-order valence-electron chi connectivity index (χ1n) is 8.87. The van der Waals surface area contributed by atoms with Gasteiger partial charge in [0.25, 0.3) is 5.09 Å². The Morgan fingerprint density at radius 1 is 1.30 bits per heavy atom. The van der Waals surface area contributed by atoms with Crippen LogP contribution < -0.4 is 10.1 Å². The molecule has 0 saturated heterocycles. The molecule has 0 saturated carbocycles. The average Bonchev–Trinajstić information content (AvgIpc) is 2.58. The number of amides is 1. The van der Waals surface area contributed by atoms with Gasteiger partial charge in [-0.2, -0.15) is 0 Å². The Labute approximate surface area is 159 Å². The predicted molar refractivity (Wildman–Crippen MR) is 99.8 cm³/mol. The lowest BCUT2D eigenvalue weighted by atomic mass is 10.1. The van der Waals surface area contributed by atoms with Crippen LogP contribution in [0.3, 0.4) is 0 Å². The topological polar surface area (TPSA) is 114 Å². The van der Waals surface area contributed by atoms with E-state index in [0.29, 0.717) is 5.75 Å². The Morgan fingerprint density at radius 2 is 1.93 bits per heavy atom. The second-order valence-corrected chi connectivity index (χ2v) is 6.72. The molecule has 0 heterocycles. The highest BCUT2D eigenvalue weighted by atomic mass is 17.0. The molecule has 152 valence electrons. The van der Waals surface area contributed by atoms with Crippen molar-refractivity contribution in [1.29, 1.82) is 0 Å². The summed E-state index contributed by atoms with van der Waals surface area (Å²) in [5.41, 5.74) is 0. The highest BCUT2D eigenvalue weighted by Crippen LogP contribution is 2.16. The molecule has 0 fully saturated rings. The van der Waals surface area contributed by atoms with E-state index in [2.05, 4.69) is 10.2 Å². The molecule has 0 bridgehead atoms. The summed E-state index contributed by atoms with van der Waals surface area (Å²) in [5.74, 6) is 0.241. The summed E-state index contributed by atoms with van der Waals surface area (Å²) < 4.78 is 5.82. The fourth-order valence-electron chi connectivity index (χ4n) is 2.41. The van der Waals surface area contributed by atoms with E-state index in [0.717, 1.165) is 0 Å². The summed E-state index contributed by atoms with van der Waals surface area (Å²) in [6.07, 6.45) is -2.50. The molecule has 9 nitrogen and oxygen atoms in total. The van der Waals surface area contributed by atoms with Crippen LogP contribution >= 0.6 is 0 Å². The predicted octanol–water partition coefficient (Wildman–Crippen LogP) is 1.24. The zero-order valence-corrected chi connectivity index (χ0v) is 16.2. The number of ether oxygens (including phenoxy) is 1. The lowest BCUT2D eigenvalue weighted by Crippen LogP contribution is -2.45. The van der Waals surface area contributed by atoms with Gasteiger partial charge in [0.05, 0.1) is 6.42 Å². The number of aliphatic hydroxyl groups excluding tert-OH is 1. The van der Waals surface area contributed by atoms with Crippen LogP contribution in [-0.2, 0) is 9.63 Å². The molecule has 0 aliphatic rings. The second-order valence-electron chi connectivity index (χ2n) is 6.72. The number of aliphatic hydroxyl groups is 1. The molecule has 1 amide bonds. The minimum Gasteiger partial charge on any atom is -0.487 e. The lowest BCUT2D eigenvalue weighted by molar-refractivity contribution is -0.767. The van der Waals surface area contributed by atoms with Crippen molar-refractivity contribution in [1.82, 2.24) is 10.2 Å².